The third-order valence-electron chi connectivity index (χ3n) is 6.57. The average Bonchev–Trinajstić information content (AvgIpc) is 3.06. The monoisotopic (exact) mass is 435 g/mol. The second-order valence-corrected chi connectivity index (χ2v) is 8.61. The quantitative estimate of drug-likeness (QED) is 0.676. The molecule has 0 saturated carbocycles. The summed E-state index contributed by atoms with van der Waals surface area (Å²) in [4.78, 5) is 4.75. The molecule has 5 rings (SSSR count). The summed E-state index contributed by atoms with van der Waals surface area (Å²) >= 11 is 0. The minimum atomic E-state index is -4.68. The number of alkyl halides is 3. The molecule has 3 heterocycles. The maximum absolute atomic E-state index is 13.9. The van der Waals surface area contributed by atoms with Crippen LogP contribution in [0.25, 0.3) is 0 Å². The van der Waals surface area contributed by atoms with Crippen LogP contribution in [0.15, 0.2) is 36.4 Å². The maximum atomic E-state index is 13.9. The van der Waals surface area contributed by atoms with Gasteiger partial charge >= 0.3 is 6.36 Å². The molecule has 1 fully saturated rings. The van der Waals surface area contributed by atoms with E-state index in [4.69, 9.17) is 0 Å². The number of ether oxygens (including phenoxy) is 1. The number of piperidine rings is 1. The largest absolute Gasteiger partial charge is 0.573 e. The van der Waals surface area contributed by atoms with Crippen LogP contribution in [0.2, 0.25) is 0 Å². The van der Waals surface area contributed by atoms with E-state index in [2.05, 4.69) is 19.9 Å². The van der Waals surface area contributed by atoms with Gasteiger partial charge in [0.05, 0.1) is 11.4 Å². The van der Waals surface area contributed by atoms with E-state index in [0.717, 1.165) is 74.4 Å². The van der Waals surface area contributed by atoms with E-state index in [0.29, 0.717) is 0 Å². The Labute approximate surface area is 178 Å². The van der Waals surface area contributed by atoms with E-state index in [-0.39, 0.29) is 23.7 Å². The average molecular weight is 435 g/mol. The lowest BCUT2D eigenvalue weighted by atomic mass is 9.89. The molecule has 2 aromatic carbocycles. The minimum absolute atomic E-state index is 0.121. The van der Waals surface area contributed by atoms with Crippen molar-refractivity contribution in [2.75, 3.05) is 36.4 Å². The van der Waals surface area contributed by atoms with Crippen LogP contribution in [-0.2, 0) is 6.42 Å². The van der Waals surface area contributed by atoms with Crippen molar-refractivity contribution in [3.8, 4) is 5.75 Å². The van der Waals surface area contributed by atoms with Crippen molar-refractivity contribution >= 4 is 11.4 Å². The predicted molar refractivity (Wildman–Crippen MR) is 111 cm³/mol. The van der Waals surface area contributed by atoms with Crippen LogP contribution in [0.5, 0.6) is 5.75 Å². The van der Waals surface area contributed by atoms with Gasteiger partial charge < -0.3 is 15.0 Å². The standard InChI is InChI=1S/C23H25F4N3O/c24-18-11-17-4-2-8-30-21(28-20(13-18)22(17)30)14-29-9-6-15(7-10-29)16-3-1-5-19(12-16)31-23(25,26)27/h1,3,5,11-13,15,21,28H,2,4,6-10,14H2. The normalized spacial score (nSPS) is 21.7. The van der Waals surface area contributed by atoms with Gasteiger partial charge in [-0.1, -0.05) is 12.1 Å². The van der Waals surface area contributed by atoms with Crippen LogP contribution >= 0.6 is 0 Å². The van der Waals surface area contributed by atoms with Crippen molar-refractivity contribution in [3.05, 3.63) is 53.3 Å². The molecule has 0 aliphatic carbocycles. The highest BCUT2D eigenvalue weighted by Crippen LogP contribution is 2.42. The van der Waals surface area contributed by atoms with E-state index < -0.39 is 6.36 Å². The number of anilines is 2. The highest BCUT2D eigenvalue weighted by molar-refractivity contribution is 5.80. The van der Waals surface area contributed by atoms with Crippen LogP contribution in [0.3, 0.4) is 0 Å². The molecule has 0 radical (unpaired) electrons. The first-order chi connectivity index (χ1) is 14.9. The zero-order valence-corrected chi connectivity index (χ0v) is 17.1. The van der Waals surface area contributed by atoms with E-state index in [9.17, 15) is 17.6 Å². The topological polar surface area (TPSA) is 27.7 Å². The van der Waals surface area contributed by atoms with Crippen LogP contribution in [-0.4, -0.2) is 43.6 Å². The summed E-state index contributed by atoms with van der Waals surface area (Å²) in [6.07, 6.45) is -0.856. The van der Waals surface area contributed by atoms with E-state index in [1.165, 1.54) is 12.1 Å². The molecule has 0 aromatic heterocycles. The molecule has 0 amide bonds. The zero-order valence-electron chi connectivity index (χ0n) is 17.1. The molecule has 0 bridgehead atoms. The van der Waals surface area contributed by atoms with Gasteiger partial charge in [-0.3, -0.25) is 4.90 Å². The number of rotatable bonds is 4. The number of benzene rings is 2. The van der Waals surface area contributed by atoms with Crippen molar-refractivity contribution in [1.82, 2.24) is 4.90 Å². The van der Waals surface area contributed by atoms with E-state index in [1.807, 2.05) is 6.07 Å². The molecule has 3 aliphatic rings. The first kappa shape index (κ1) is 20.4. The summed E-state index contributed by atoms with van der Waals surface area (Å²) in [6.45, 7) is 3.54. The summed E-state index contributed by atoms with van der Waals surface area (Å²) in [6, 6.07) is 9.58. The van der Waals surface area contributed by atoms with Gasteiger partial charge in [-0.15, -0.1) is 13.2 Å². The highest BCUT2D eigenvalue weighted by atomic mass is 19.4. The zero-order chi connectivity index (χ0) is 21.6. The Morgan fingerprint density at radius 3 is 2.65 bits per heavy atom. The van der Waals surface area contributed by atoms with Gasteiger partial charge in [-0.05, 0) is 80.1 Å². The fraction of sp³-hybridized carbons (Fsp3) is 0.478. The van der Waals surface area contributed by atoms with Crippen molar-refractivity contribution in [1.29, 1.82) is 0 Å². The predicted octanol–water partition coefficient (Wildman–Crippen LogP) is 5.11. The van der Waals surface area contributed by atoms with E-state index in [1.54, 1.807) is 18.2 Å². The summed E-state index contributed by atoms with van der Waals surface area (Å²) in [5.74, 6) is -0.132. The summed E-state index contributed by atoms with van der Waals surface area (Å²) in [5.41, 5.74) is 4.00. The lowest BCUT2D eigenvalue weighted by molar-refractivity contribution is -0.274. The Morgan fingerprint density at radius 2 is 1.87 bits per heavy atom. The Morgan fingerprint density at radius 1 is 1.06 bits per heavy atom. The molecule has 8 heteroatoms. The Balaban J connectivity index is 1.21. The Bertz CT molecular complexity index is 956. The number of nitrogens with zero attached hydrogens (tertiary/aromatic N) is 2. The second kappa shape index (κ2) is 7.89. The van der Waals surface area contributed by atoms with Crippen molar-refractivity contribution in [2.24, 2.45) is 0 Å². The molecule has 0 spiro atoms. The van der Waals surface area contributed by atoms with Crippen molar-refractivity contribution < 1.29 is 22.3 Å². The number of hydrogen-bond acceptors (Lipinski definition) is 4. The molecule has 1 unspecified atom stereocenters. The van der Waals surface area contributed by atoms with Gasteiger partial charge in [0.2, 0.25) is 0 Å². The van der Waals surface area contributed by atoms with Gasteiger partial charge in [0.15, 0.2) is 0 Å². The molecule has 4 nitrogen and oxygen atoms in total. The van der Waals surface area contributed by atoms with Crippen molar-refractivity contribution in [2.45, 2.75) is 44.1 Å². The smallest absolute Gasteiger partial charge is 0.406 e. The molecular formula is C23H25F4N3O. The number of hydrogen-bond donors (Lipinski definition) is 1. The fourth-order valence-electron chi connectivity index (χ4n) is 5.22. The molecule has 2 aromatic rings. The maximum Gasteiger partial charge on any atom is 0.573 e. The van der Waals surface area contributed by atoms with Gasteiger partial charge in [0.25, 0.3) is 0 Å². The molecule has 1 atom stereocenters. The fourth-order valence-corrected chi connectivity index (χ4v) is 5.22. The first-order valence-corrected chi connectivity index (χ1v) is 10.8. The van der Waals surface area contributed by atoms with Gasteiger partial charge in [-0.25, -0.2) is 4.39 Å². The van der Waals surface area contributed by atoms with Crippen LogP contribution in [0.1, 0.15) is 36.3 Å². The number of aryl methyl sites for hydroxylation is 1. The molecule has 1 saturated heterocycles. The van der Waals surface area contributed by atoms with Crippen LogP contribution in [0, 0.1) is 5.82 Å². The molecule has 166 valence electrons. The minimum Gasteiger partial charge on any atom is -0.406 e. The Hall–Kier alpha value is -2.48. The lowest BCUT2D eigenvalue weighted by Gasteiger charge is -2.37. The van der Waals surface area contributed by atoms with Gasteiger partial charge in [0.1, 0.15) is 17.7 Å². The Kier molecular flexibility index (Phi) is 5.20. The second-order valence-electron chi connectivity index (χ2n) is 8.61. The lowest BCUT2D eigenvalue weighted by Crippen LogP contribution is -2.48. The van der Waals surface area contributed by atoms with Gasteiger partial charge in [0, 0.05) is 13.1 Å². The highest BCUT2D eigenvalue weighted by Gasteiger charge is 2.35. The summed E-state index contributed by atoms with van der Waals surface area (Å²) in [7, 11) is 0. The number of halogens is 4. The number of nitrogens with one attached hydrogen (secondary N) is 1. The molecular weight excluding hydrogens is 410 g/mol. The third kappa shape index (κ3) is 4.31. The molecule has 3 aliphatic heterocycles. The number of likely N-dealkylation sites (tertiary alicyclic amines) is 1. The molecule has 1 N–H and O–H groups in total. The first-order valence-electron chi connectivity index (χ1n) is 10.8. The summed E-state index contributed by atoms with van der Waals surface area (Å²) in [5, 5.41) is 3.50. The van der Waals surface area contributed by atoms with Crippen LogP contribution in [0.4, 0.5) is 28.9 Å². The van der Waals surface area contributed by atoms with Gasteiger partial charge in [-0.2, -0.15) is 0 Å². The summed E-state index contributed by atoms with van der Waals surface area (Å²) < 4.78 is 55.5. The van der Waals surface area contributed by atoms with Crippen LogP contribution < -0.4 is 15.0 Å². The molecule has 31 heavy (non-hydrogen) atoms. The van der Waals surface area contributed by atoms with E-state index >= 15 is 0 Å². The third-order valence-corrected chi connectivity index (χ3v) is 6.57. The van der Waals surface area contributed by atoms with Crippen molar-refractivity contribution in [3.63, 3.8) is 0 Å². The SMILES string of the molecule is Fc1cc2c3c(c1)NC(CN1CCC(c4cccc(OC(F)(F)F)c4)CC1)N3CCC2.